The molecule has 0 heterocycles. The first kappa shape index (κ1) is 13.2. The maximum atomic E-state index is 9.04. The molecule has 0 aliphatic rings. The van der Waals surface area contributed by atoms with Crippen LogP contribution in [0.2, 0.25) is 0 Å². The minimum atomic E-state index is 0.135. The Labute approximate surface area is 98.7 Å². The van der Waals surface area contributed by atoms with Crippen LogP contribution < -0.4 is 5.32 Å². The molecule has 0 saturated carbocycles. The van der Waals surface area contributed by atoms with E-state index in [2.05, 4.69) is 45.1 Å². The van der Waals surface area contributed by atoms with E-state index in [1.54, 1.807) is 0 Å². The van der Waals surface area contributed by atoms with Crippen LogP contribution in [-0.2, 0) is 0 Å². The second-order valence-corrected chi connectivity index (χ2v) is 4.77. The van der Waals surface area contributed by atoms with Crippen LogP contribution in [0, 0.1) is 20.8 Å². The molecule has 0 bridgehead atoms. The quantitative estimate of drug-likeness (QED) is 0.819. The summed E-state index contributed by atoms with van der Waals surface area (Å²) in [5.74, 6) is 0. The summed E-state index contributed by atoms with van der Waals surface area (Å²) in [5.41, 5.74) is 5.30. The summed E-state index contributed by atoms with van der Waals surface area (Å²) in [7, 11) is 0. The number of aliphatic hydroxyl groups is 1. The van der Waals surface area contributed by atoms with E-state index in [1.807, 2.05) is 6.92 Å². The lowest BCUT2D eigenvalue weighted by Crippen LogP contribution is -2.32. The Morgan fingerprint density at radius 3 is 2.19 bits per heavy atom. The third-order valence-electron chi connectivity index (χ3n) is 3.16. The van der Waals surface area contributed by atoms with E-state index in [1.165, 1.54) is 22.3 Å². The van der Waals surface area contributed by atoms with Gasteiger partial charge in [0.15, 0.2) is 0 Å². The van der Waals surface area contributed by atoms with Crippen molar-refractivity contribution in [2.24, 2.45) is 0 Å². The number of rotatable bonds is 4. The Kier molecular flexibility index (Phi) is 4.51. The molecule has 0 aliphatic carbocycles. The number of aryl methyl sites for hydroxylation is 3. The molecule has 1 aromatic carbocycles. The minimum Gasteiger partial charge on any atom is -0.395 e. The zero-order chi connectivity index (χ0) is 12.3. The second kappa shape index (κ2) is 5.46. The van der Waals surface area contributed by atoms with Crippen LogP contribution in [0.3, 0.4) is 0 Å². The summed E-state index contributed by atoms with van der Waals surface area (Å²) in [4.78, 5) is 0. The molecule has 2 nitrogen and oxygen atoms in total. The molecule has 0 amide bonds. The standard InChI is InChI=1S/C14H23NO/c1-9-6-11(3)14(7-10(9)2)13(5)15-12(4)8-16/h6-7,12-13,15-16H,8H2,1-5H3. The predicted molar refractivity (Wildman–Crippen MR) is 68.8 cm³/mol. The van der Waals surface area contributed by atoms with E-state index in [4.69, 9.17) is 5.11 Å². The van der Waals surface area contributed by atoms with Crippen molar-refractivity contribution < 1.29 is 5.11 Å². The molecule has 2 atom stereocenters. The first-order chi connectivity index (χ1) is 7.45. The Morgan fingerprint density at radius 2 is 1.62 bits per heavy atom. The van der Waals surface area contributed by atoms with Crippen molar-refractivity contribution in [2.45, 2.75) is 46.7 Å². The first-order valence-corrected chi connectivity index (χ1v) is 5.90. The van der Waals surface area contributed by atoms with E-state index < -0.39 is 0 Å². The Balaban J connectivity index is 2.91. The highest BCUT2D eigenvalue weighted by Crippen LogP contribution is 2.21. The van der Waals surface area contributed by atoms with E-state index in [-0.39, 0.29) is 18.7 Å². The maximum Gasteiger partial charge on any atom is 0.0582 e. The van der Waals surface area contributed by atoms with Crippen molar-refractivity contribution in [3.63, 3.8) is 0 Å². The normalized spacial score (nSPS) is 14.9. The average Bonchev–Trinajstić information content (AvgIpc) is 2.23. The fourth-order valence-corrected chi connectivity index (χ4v) is 2.02. The van der Waals surface area contributed by atoms with Crippen molar-refractivity contribution >= 4 is 0 Å². The van der Waals surface area contributed by atoms with Crippen molar-refractivity contribution in [2.75, 3.05) is 6.61 Å². The minimum absolute atomic E-state index is 0.135. The number of benzene rings is 1. The van der Waals surface area contributed by atoms with E-state index >= 15 is 0 Å². The van der Waals surface area contributed by atoms with Crippen LogP contribution in [0.15, 0.2) is 12.1 Å². The van der Waals surface area contributed by atoms with Gasteiger partial charge in [-0.3, -0.25) is 0 Å². The molecule has 2 unspecified atom stereocenters. The average molecular weight is 221 g/mol. The first-order valence-electron chi connectivity index (χ1n) is 5.90. The Morgan fingerprint density at radius 1 is 1.06 bits per heavy atom. The lowest BCUT2D eigenvalue weighted by Gasteiger charge is -2.21. The molecule has 0 radical (unpaired) electrons. The van der Waals surface area contributed by atoms with Crippen LogP contribution in [0.25, 0.3) is 0 Å². The molecule has 0 fully saturated rings. The number of nitrogens with one attached hydrogen (secondary N) is 1. The van der Waals surface area contributed by atoms with Gasteiger partial charge >= 0.3 is 0 Å². The number of hydrogen-bond donors (Lipinski definition) is 2. The van der Waals surface area contributed by atoms with Gasteiger partial charge < -0.3 is 10.4 Å². The van der Waals surface area contributed by atoms with Gasteiger partial charge in [-0.2, -0.15) is 0 Å². The van der Waals surface area contributed by atoms with Crippen molar-refractivity contribution in [1.82, 2.24) is 5.32 Å². The van der Waals surface area contributed by atoms with Gasteiger partial charge in [-0.25, -0.2) is 0 Å². The third-order valence-corrected chi connectivity index (χ3v) is 3.16. The maximum absolute atomic E-state index is 9.04. The highest BCUT2D eigenvalue weighted by molar-refractivity contribution is 5.38. The molecular formula is C14H23NO. The number of hydrogen-bond acceptors (Lipinski definition) is 2. The Hall–Kier alpha value is -0.860. The molecule has 90 valence electrons. The summed E-state index contributed by atoms with van der Waals surface area (Å²) in [6.45, 7) is 10.7. The van der Waals surface area contributed by atoms with Crippen LogP contribution >= 0.6 is 0 Å². The number of aliphatic hydroxyl groups excluding tert-OH is 1. The Bertz CT molecular complexity index is 360. The van der Waals surface area contributed by atoms with E-state index in [0.29, 0.717) is 0 Å². The largest absolute Gasteiger partial charge is 0.395 e. The summed E-state index contributed by atoms with van der Waals surface area (Å²) in [5, 5.41) is 12.4. The SMILES string of the molecule is Cc1cc(C)c(C(C)NC(C)CO)cc1C. The fraction of sp³-hybridized carbons (Fsp3) is 0.571. The van der Waals surface area contributed by atoms with Gasteiger partial charge in [0, 0.05) is 12.1 Å². The molecule has 0 saturated heterocycles. The van der Waals surface area contributed by atoms with Gasteiger partial charge in [-0.1, -0.05) is 12.1 Å². The summed E-state index contributed by atoms with van der Waals surface area (Å²) < 4.78 is 0. The summed E-state index contributed by atoms with van der Waals surface area (Å²) >= 11 is 0. The summed E-state index contributed by atoms with van der Waals surface area (Å²) in [6, 6.07) is 4.89. The topological polar surface area (TPSA) is 32.3 Å². The van der Waals surface area contributed by atoms with Crippen molar-refractivity contribution in [3.8, 4) is 0 Å². The molecule has 1 rings (SSSR count). The molecular weight excluding hydrogens is 198 g/mol. The van der Waals surface area contributed by atoms with Crippen LogP contribution in [0.4, 0.5) is 0 Å². The summed E-state index contributed by atoms with van der Waals surface area (Å²) in [6.07, 6.45) is 0. The van der Waals surface area contributed by atoms with Crippen LogP contribution in [0.5, 0.6) is 0 Å². The monoisotopic (exact) mass is 221 g/mol. The second-order valence-electron chi connectivity index (χ2n) is 4.77. The van der Waals surface area contributed by atoms with Crippen LogP contribution in [-0.4, -0.2) is 17.8 Å². The lowest BCUT2D eigenvalue weighted by molar-refractivity contribution is 0.243. The molecule has 2 heteroatoms. The highest BCUT2D eigenvalue weighted by atomic mass is 16.3. The molecule has 0 aliphatic heterocycles. The van der Waals surface area contributed by atoms with E-state index in [0.717, 1.165) is 0 Å². The van der Waals surface area contributed by atoms with Gasteiger partial charge in [-0.15, -0.1) is 0 Å². The van der Waals surface area contributed by atoms with Gasteiger partial charge in [0.25, 0.3) is 0 Å². The molecule has 0 aromatic heterocycles. The molecule has 1 aromatic rings. The zero-order valence-electron chi connectivity index (χ0n) is 11.0. The van der Waals surface area contributed by atoms with Crippen LogP contribution in [0.1, 0.15) is 42.1 Å². The van der Waals surface area contributed by atoms with Gasteiger partial charge in [0.2, 0.25) is 0 Å². The van der Waals surface area contributed by atoms with E-state index in [9.17, 15) is 0 Å². The highest BCUT2D eigenvalue weighted by Gasteiger charge is 2.11. The predicted octanol–water partition coefficient (Wildman–Crippen LogP) is 2.64. The van der Waals surface area contributed by atoms with Crippen molar-refractivity contribution in [3.05, 3.63) is 34.4 Å². The smallest absolute Gasteiger partial charge is 0.0582 e. The fourth-order valence-electron chi connectivity index (χ4n) is 2.02. The molecule has 0 spiro atoms. The van der Waals surface area contributed by atoms with Gasteiger partial charge in [0.05, 0.1) is 6.61 Å². The van der Waals surface area contributed by atoms with Crippen molar-refractivity contribution in [1.29, 1.82) is 0 Å². The van der Waals surface area contributed by atoms with Gasteiger partial charge in [0.1, 0.15) is 0 Å². The third kappa shape index (κ3) is 3.06. The molecule has 16 heavy (non-hydrogen) atoms. The molecule has 2 N–H and O–H groups in total. The zero-order valence-corrected chi connectivity index (χ0v) is 11.0. The van der Waals surface area contributed by atoms with Gasteiger partial charge in [-0.05, 0) is 56.9 Å². The lowest BCUT2D eigenvalue weighted by atomic mass is 9.96.